The minimum absolute atomic E-state index is 0. The van der Waals surface area contributed by atoms with Crippen molar-refractivity contribution in [3.05, 3.63) is 23.7 Å². The van der Waals surface area contributed by atoms with Gasteiger partial charge in [-0.05, 0) is 19.1 Å². The maximum atomic E-state index is 11.5. The molecule has 104 valence electrons. The Hall–Kier alpha value is -1.25. The van der Waals surface area contributed by atoms with Crippen LogP contribution in [0.5, 0.6) is 0 Å². The second-order valence-electron chi connectivity index (χ2n) is 4.74. The molecular formula is C12H17IN4O2. The van der Waals surface area contributed by atoms with Crippen LogP contribution in [0.2, 0.25) is 0 Å². The van der Waals surface area contributed by atoms with Gasteiger partial charge in [0.1, 0.15) is 24.1 Å². The zero-order chi connectivity index (χ0) is 12.7. The first-order valence-electron chi connectivity index (χ1n) is 6.00. The molecule has 0 saturated carbocycles. The van der Waals surface area contributed by atoms with Crippen molar-refractivity contribution in [2.75, 3.05) is 26.8 Å². The predicted octanol–water partition coefficient (Wildman–Crippen LogP) is 0.938. The van der Waals surface area contributed by atoms with Crippen LogP contribution in [0.15, 0.2) is 21.5 Å². The van der Waals surface area contributed by atoms with Crippen molar-refractivity contribution < 1.29 is 9.21 Å². The molecule has 1 aromatic rings. The number of hydrogen-bond acceptors (Lipinski definition) is 5. The van der Waals surface area contributed by atoms with E-state index in [-0.39, 0.29) is 35.9 Å². The molecule has 0 aliphatic carbocycles. The van der Waals surface area contributed by atoms with Crippen molar-refractivity contribution in [2.45, 2.75) is 13.0 Å². The van der Waals surface area contributed by atoms with Gasteiger partial charge in [-0.3, -0.25) is 9.79 Å². The lowest BCUT2D eigenvalue weighted by atomic mass is 10.2. The number of furan rings is 1. The molecule has 19 heavy (non-hydrogen) atoms. The Bertz CT molecular complexity index is 514. The van der Waals surface area contributed by atoms with Crippen molar-refractivity contribution in [2.24, 2.45) is 4.99 Å². The summed E-state index contributed by atoms with van der Waals surface area (Å²) in [6, 6.07) is 3.99. The zero-order valence-corrected chi connectivity index (χ0v) is 13.3. The van der Waals surface area contributed by atoms with E-state index in [1.165, 1.54) is 0 Å². The number of rotatable bonds is 1. The average molecular weight is 376 g/mol. The van der Waals surface area contributed by atoms with Crippen LogP contribution in [-0.2, 0) is 4.79 Å². The largest absolute Gasteiger partial charge is 0.464 e. The average Bonchev–Trinajstić information content (AvgIpc) is 3.00. The fourth-order valence-corrected chi connectivity index (χ4v) is 2.23. The maximum Gasteiger partial charge on any atom is 0.243 e. The molecule has 7 heteroatoms. The van der Waals surface area contributed by atoms with Crippen LogP contribution in [0.25, 0.3) is 0 Å². The van der Waals surface area contributed by atoms with Crippen LogP contribution in [0.4, 0.5) is 0 Å². The molecule has 1 aromatic heterocycles. The van der Waals surface area contributed by atoms with E-state index in [4.69, 9.17) is 4.42 Å². The van der Waals surface area contributed by atoms with Gasteiger partial charge in [0, 0.05) is 7.05 Å². The first-order chi connectivity index (χ1) is 8.63. The summed E-state index contributed by atoms with van der Waals surface area (Å²) in [4.78, 5) is 19.6. The second kappa shape index (κ2) is 5.40. The summed E-state index contributed by atoms with van der Waals surface area (Å²) >= 11 is 0. The summed E-state index contributed by atoms with van der Waals surface area (Å²) in [5.41, 5.74) is 0. The minimum atomic E-state index is 0. The molecular weight excluding hydrogens is 359 g/mol. The van der Waals surface area contributed by atoms with Crippen LogP contribution in [-0.4, -0.2) is 48.5 Å². The third kappa shape index (κ3) is 2.70. The molecule has 1 fully saturated rings. The number of guanidine groups is 1. The summed E-state index contributed by atoms with van der Waals surface area (Å²) in [6.45, 7) is 3.56. The molecule has 1 amide bonds. The summed E-state index contributed by atoms with van der Waals surface area (Å²) in [7, 11) is 1.80. The van der Waals surface area contributed by atoms with Crippen LogP contribution in [0.1, 0.15) is 17.6 Å². The fraction of sp³-hybridized carbons (Fsp3) is 0.500. The van der Waals surface area contributed by atoms with Crippen LogP contribution >= 0.6 is 24.0 Å². The number of aryl methyl sites for hydroxylation is 1. The quantitative estimate of drug-likeness (QED) is 0.742. The van der Waals surface area contributed by atoms with Crippen LogP contribution in [0.3, 0.4) is 0 Å². The Kier molecular flexibility index (Phi) is 4.02. The maximum absolute atomic E-state index is 11.5. The number of aliphatic imine (C=N–C) groups is 1. The number of amides is 1. The number of halogens is 1. The summed E-state index contributed by atoms with van der Waals surface area (Å²) in [5.74, 6) is 2.70. The second-order valence-corrected chi connectivity index (χ2v) is 4.74. The molecule has 0 radical (unpaired) electrons. The van der Waals surface area contributed by atoms with Gasteiger partial charge in [-0.2, -0.15) is 0 Å². The molecule has 3 rings (SSSR count). The van der Waals surface area contributed by atoms with E-state index in [9.17, 15) is 4.79 Å². The number of nitrogens with one attached hydrogen (secondary N) is 1. The molecule has 0 aromatic carbocycles. The standard InChI is InChI=1S/C12H16N4O2.HI/c1-8-3-4-10(18-8)9-5-13-12(14-9)16-6-11(17)15(2)7-16;/h3-4,9H,5-7H2,1-2H3,(H,13,14);1H. The Balaban J connectivity index is 0.00000133. The highest BCUT2D eigenvalue weighted by molar-refractivity contribution is 14.0. The van der Waals surface area contributed by atoms with Crippen molar-refractivity contribution in [3.63, 3.8) is 0 Å². The van der Waals surface area contributed by atoms with Gasteiger partial charge >= 0.3 is 0 Å². The van der Waals surface area contributed by atoms with Gasteiger partial charge in [0.2, 0.25) is 5.91 Å². The van der Waals surface area contributed by atoms with Crippen molar-refractivity contribution >= 4 is 35.8 Å². The first kappa shape index (κ1) is 14.2. The van der Waals surface area contributed by atoms with E-state index in [0.29, 0.717) is 19.8 Å². The summed E-state index contributed by atoms with van der Waals surface area (Å²) in [6.07, 6.45) is 0. The summed E-state index contributed by atoms with van der Waals surface area (Å²) in [5, 5.41) is 3.31. The topological polar surface area (TPSA) is 61.1 Å². The van der Waals surface area contributed by atoms with E-state index < -0.39 is 0 Å². The number of nitrogens with zero attached hydrogens (tertiary/aromatic N) is 3. The lowest BCUT2D eigenvalue weighted by Gasteiger charge is -2.18. The van der Waals surface area contributed by atoms with Crippen molar-refractivity contribution in [1.82, 2.24) is 15.1 Å². The van der Waals surface area contributed by atoms with Crippen LogP contribution in [0, 0.1) is 6.92 Å². The van der Waals surface area contributed by atoms with Crippen molar-refractivity contribution in [3.8, 4) is 0 Å². The minimum Gasteiger partial charge on any atom is -0.464 e. The molecule has 2 aliphatic heterocycles. The molecule has 1 saturated heterocycles. The van der Waals surface area contributed by atoms with Gasteiger partial charge < -0.3 is 19.5 Å². The zero-order valence-electron chi connectivity index (χ0n) is 10.9. The highest BCUT2D eigenvalue weighted by atomic mass is 127. The lowest BCUT2D eigenvalue weighted by Crippen LogP contribution is -2.38. The highest BCUT2D eigenvalue weighted by Crippen LogP contribution is 2.21. The van der Waals surface area contributed by atoms with E-state index in [2.05, 4.69) is 10.3 Å². The predicted molar refractivity (Wildman–Crippen MR) is 81.4 cm³/mol. The molecule has 2 aliphatic rings. The van der Waals surface area contributed by atoms with E-state index in [1.54, 1.807) is 11.9 Å². The molecule has 1 N–H and O–H groups in total. The molecule has 1 unspecified atom stereocenters. The Morgan fingerprint density at radius 1 is 1.47 bits per heavy atom. The van der Waals surface area contributed by atoms with Gasteiger partial charge in [-0.25, -0.2) is 0 Å². The number of likely N-dealkylation sites (N-methyl/N-ethyl adjacent to an activating group) is 1. The number of carbonyl (C=O) groups excluding carboxylic acids is 1. The van der Waals surface area contributed by atoms with E-state index >= 15 is 0 Å². The van der Waals surface area contributed by atoms with Gasteiger partial charge in [-0.15, -0.1) is 24.0 Å². The molecule has 3 heterocycles. The van der Waals surface area contributed by atoms with Gasteiger partial charge in [0.15, 0.2) is 5.96 Å². The summed E-state index contributed by atoms with van der Waals surface area (Å²) < 4.78 is 5.59. The fourth-order valence-electron chi connectivity index (χ4n) is 2.23. The van der Waals surface area contributed by atoms with Crippen LogP contribution < -0.4 is 5.32 Å². The Morgan fingerprint density at radius 2 is 2.26 bits per heavy atom. The molecule has 6 nitrogen and oxygen atoms in total. The van der Waals surface area contributed by atoms with Gasteiger partial charge in [0.05, 0.1) is 13.2 Å². The molecule has 1 atom stereocenters. The van der Waals surface area contributed by atoms with Crippen molar-refractivity contribution in [1.29, 1.82) is 0 Å². The number of hydrogen-bond donors (Lipinski definition) is 1. The monoisotopic (exact) mass is 376 g/mol. The lowest BCUT2D eigenvalue weighted by molar-refractivity contribution is -0.125. The smallest absolute Gasteiger partial charge is 0.243 e. The first-order valence-corrected chi connectivity index (χ1v) is 6.00. The SMILES string of the molecule is Cc1ccc(C2CN=C(N3CC(=O)N(C)C3)N2)o1.I. The Morgan fingerprint density at radius 3 is 2.84 bits per heavy atom. The third-order valence-electron chi connectivity index (χ3n) is 3.27. The Labute approximate surface area is 128 Å². The number of carbonyl (C=O) groups is 1. The van der Waals surface area contributed by atoms with Gasteiger partial charge in [0.25, 0.3) is 0 Å². The molecule has 0 bridgehead atoms. The molecule has 0 spiro atoms. The normalized spacial score (nSPS) is 22.3. The van der Waals surface area contributed by atoms with E-state index in [0.717, 1.165) is 17.5 Å². The van der Waals surface area contributed by atoms with E-state index in [1.807, 2.05) is 24.0 Å². The third-order valence-corrected chi connectivity index (χ3v) is 3.27. The van der Waals surface area contributed by atoms with Gasteiger partial charge in [-0.1, -0.05) is 0 Å². The highest BCUT2D eigenvalue weighted by Gasteiger charge is 2.31.